The first-order valence-electron chi connectivity index (χ1n) is 10.5. The second-order valence-corrected chi connectivity index (χ2v) is 9.10. The molecule has 6 nitrogen and oxygen atoms in total. The van der Waals surface area contributed by atoms with Crippen LogP contribution in [-0.4, -0.2) is 27.0 Å². The van der Waals surface area contributed by atoms with Gasteiger partial charge in [-0.2, -0.15) is 0 Å². The summed E-state index contributed by atoms with van der Waals surface area (Å²) in [6.45, 7) is 1.74. The number of benzene rings is 1. The Morgan fingerprint density at radius 3 is 2.43 bits per heavy atom. The van der Waals surface area contributed by atoms with E-state index >= 15 is 0 Å². The van der Waals surface area contributed by atoms with E-state index in [0.717, 1.165) is 43.4 Å². The van der Waals surface area contributed by atoms with Gasteiger partial charge in [0.1, 0.15) is 0 Å². The van der Waals surface area contributed by atoms with Crippen molar-refractivity contribution < 1.29 is 9.59 Å². The van der Waals surface area contributed by atoms with Gasteiger partial charge >= 0.3 is 5.69 Å². The van der Waals surface area contributed by atoms with Gasteiger partial charge in [-0.1, -0.05) is 12.8 Å². The molecule has 1 aromatic heterocycles. The molecule has 0 saturated heterocycles. The van der Waals surface area contributed by atoms with Crippen LogP contribution in [0, 0.1) is 6.92 Å². The highest BCUT2D eigenvalue weighted by atomic mass is 32.2. The first-order chi connectivity index (χ1) is 14.4. The Kier molecular flexibility index (Phi) is 5.57. The van der Waals surface area contributed by atoms with Crippen LogP contribution in [0.3, 0.4) is 0 Å². The molecule has 1 saturated carbocycles. The molecule has 0 bridgehead atoms. The third-order valence-corrected chi connectivity index (χ3v) is 7.40. The second-order valence-electron chi connectivity index (χ2n) is 8.20. The van der Waals surface area contributed by atoms with E-state index in [1.807, 2.05) is 6.26 Å². The Morgan fingerprint density at radius 2 is 1.77 bits per heavy atom. The summed E-state index contributed by atoms with van der Waals surface area (Å²) in [6, 6.07) is 3.21. The van der Waals surface area contributed by atoms with Crippen LogP contribution < -0.4 is 11.2 Å². The molecular weight excluding hydrogens is 400 g/mol. The number of fused-ring (bicyclic) bond motifs is 1. The van der Waals surface area contributed by atoms with Gasteiger partial charge in [0.05, 0.1) is 16.5 Å². The van der Waals surface area contributed by atoms with E-state index in [-0.39, 0.29) is 34.4 Å². The Balaban J connectivity index is 1.96. The monoisotopic (exact) mass is 426 g/mol. The fraction of sp³-hybridized carbons (Fsp3) is 0.478. The van der Waals surface area contributed by atoms with Crippen molar-refractivity contribution in [2.24, 2.45) is 7.05 Å². The Bertz CT molecular complexity index is 1210. The first kappa shape index (κ1) is 20.8. The van der Waals surface area contributed by atoms with Crippen molar-refractivity contribution in [1.29, 1.82) is 0 Å². The molecule has 158 valence electrons. The first-order valence-corrected chi connectivity index (χ1v) is 11.7. The highest BCUT2D eigenvalue weighted by Crippen LogP contribution is 2.33. The number of carbonyl (C=O) groups is 2. The third-order valence-electron chi connectivity index (χ3n) is 6.50. The average molecular weight is 427 g/mol. The molecule has 2 aliphatic carbocycles. The molecule has 2 aliphatic rings. The fourth-order valence-corrected chi connectivity index (χ4v) is 5.62. The second kappa shape index (κ2) is 8.02. The molecule has 7 heteroatoms. The third kappa shape index (κ3) is 3.20. The summed E-state index contributed by atoms with van der Waals surface area (Å²) in [5.41, 5.74) is 1.04. The van der Waals surface area contributed by atoms with Crippen molar-refractivity contribution in [3.8, 4) is 0 Å². The summed E-state index contributed by atoms with van der Waals surface area (Å²) in [6.07, 6.45) is 7.38. The van der Waals surface area contributed by atoms with Gasteiger partial charge in [0.15, 0.2) is 11.6 Å². The Hall–Kier alpha value is -2.41. The fourth-order valence-electron chi connectivity index (χ4n) is 4.86. The van der Waals surface area contributed by atoms with Gasteiger partial charge in [-0.25, -0.2) is 4.79 Å². The summed E-state index contributed by atoms with van der Waals surface area (Å²) < 4.78 is 2.86. The van der Waals surface area contributed by atoms with Crippen LogP contribution in [0.4, 0.5) is 0 Å². The van der Waals surface area contributed by atoms with E-state index in [1.54, 1.807) is 26.1 Å². The van der Waals surface area contributed by atoms with Crippen molar-refractivity contribution in [1.82, 2.24) is 9.13 Å². The standard InChI is InChI=1S/C23H26N2O4S/c1-13-15(21(27)20-17(26)9-6-10-18(20)30-3)11-12-16-19(13)22(28)25(23(29)24(16)2)14-7-4-5-8-14/h11-12,14H,4-10H2,1-3H3. The van der Waals surface area contributed by atoms with Crippen LogP contribution in [0.2, 0.25) is 0 Å². The molecule has 0 amide bonds. The zero-order chi connectivity index (χ0) is 21.6. The highest BCUT2D eigenvalue weighted by molar-refractivity contribution is 8.02. The zero-order valence-corrected chi connectivity index (χ0v) is 18.4. The van der Waals surface area contributed by atoms with E-state index in [2.05, 4.69) is 0 Å². The minimum Gasteiger partial charge on any atom is -0.296 e. The lowest BCUT2D eigenvalue weighted by atomic mass is 9.89. The minimum absolute atomic E-state index is 0.0925. The maximum absolute atomic E-state index is 13.4. The molecule has 4 rings (SSSR count). The van der Waals surface area contributed by atoms with Crippen molar-refractivity contribution >= 4 is 34.2 Å². The molecule has 0 N–H and O–H groups in total. The molecule has 30 heavy (non-hydrogen) atoms. The molecule has 1 aromatic carbocycles. The van der Waals surface area contributed by atoms with Crippen molar-refractivity contribution in [3.05, 3.63) is 54.6 Å². The summed E-state index contributed by atoms with van der Waals surface area (Å²) in [4.78, 5) is 53.0. The number of thioether (sulfide) groups is 1. The molecule has 2 aromatic rings. The minimum atomic E-state index is -0.332. The van der Waals surface area contributed by atoms with Crippen LogP contribution >= 0.6 is 11.8 Å². The van der Waals surface area contributed by atoms with Crippen LogP contribution in [0.1, 0.15) is 66.9 Å². The van der Waals surface area contributed by atoms with E-state index < -0.39 is 0 Å². The Labute approximate surface area is 179 Å². The molecular formula is C23H26N2O4S. The quantitative estimate of drug-likeness (QED) is 0.551. The molecule has 1 fully saturated rings. The summed E-state index contributed by atoms with van der Waals surface area (Å²) >= 11 is 1.44. The van der Waals surface area contributed by atoms with Crippen LogP contribution in [0.15, 0.2) is 32.2 Å². The molecule has 0 spiro atoms. The van der Waals surface area contributed by atoms with Crippen molar-refractivity contribution in [3.63, 3.8) is 0 Å². The van der Waals surface area contributed by atoms with Crippen molar-refractivity contribution in [2.75, 3.05) is 6.26 Å². The number of ketones is 2. The maximum atomic E-state index is 13.4. The predicted molar refractivity (Wildman–Crippen MR) is 119 cm³/mol. The van der Waals surface area contributed by atoms with Gasteiger partial charge in [0.2, 0.25) is 0 Å². The lowest BCUT2D eigenvalue weighted by Gasteiger charge is -2.20. The van der Waals surface area contributed by atoms with E-state index in [1.165, 1.54) is 20.9 Å². The maximum Gasteiger partial charge on any atom is 0.331 e. The number of Topliss-reactive ketones (excluding diaryl/α,β-unsaturated/α-hetero) is 2. The smallest absolute Gasteiger partial charge is 0.296 e. The topological polar surface area (TPSA) is 78.1 Å². The normalized spacial score (nSPS) is 17.9. The summed E-state index contributed by atoms with van der Waals surface area (Å²) in [5, 5.41) is 0.393. The number of aryl methyl sites for hydroxylation is 2. The molecule has 0 atom stereocenters. The molecule has 0 unspecified atom stereocenters. The predicted octanol–water partition coefficient (Wildman–Crippen LogP) is 3.68. The van der Waals surface area contributed by atoms with E-state index in [4.69, 9.17) is 0 Å². The van der Waals surface area contributed by atoms with Crippen LogP contribution in [0.5, 0.6) is 0 Å². The van der Waals surface area contributed by atoms with Gasteiger partial charge in [-0.15, -0.1) is 11.8 Å². The highest BCUT2D eigenvalue weighted by Gasteiger charge is 2.29. The molecule has 1 heterocycles. The van der Waals surface area contributed by atoms with Crippen molar-refractivity contribution in [2.45, 2.75) is 57.9 Å². The average Bonchev–Trinajstić information content (AvgIpc) is 3.25. The largest absolute Gasteiger partial charge is 0.331 e. The summed E-state index contributed by atoms with van der Waals surface area (Å²) in [5.74, 6) is -0.442. The lowest BCUT2D eigenvalue weighted by molar-refractivity contribution is -0.115. The number of aromatic nitrogens is 2. The lowest BCUT2D eigenvalue weighted by Crippen LogP contribution is -2.41. The van der Waals surface area contributed by atoms with Crippen LogP contribution in [0.25, 0.3) is 10.9 Å². The van der Waals surface area contributed by atoms with E-state index in [0.29, 0.717) is 28.5 Å². The molecule has 0 radical (unpaired) electrons. The Morgan fingerprint density at radius 1 is 1.07 bits per heavy atom. The molecule has 0 aliphatic heterocycles. The SMILES string of the molecule is CSC1=C(C(=O)c2ccc3c(c2C)c(=O)n(C2CCCC2)c(=O)n3C)C(=O)CCC1. The summed E-state index contributed by atoms with van der Waals surface area (Å²) in [7, 11) is 1.66. The van der Waals surface area contributed by atoms with Gasteiger partial charge in [0, 0.05) is 25.1 Å². The van der Waals surface area contributed by atoms with Gasteiger partial charge in [-0.3, -0.25) is 23.5 Å². The van der Waals surface area contributed by atoms with Gasteiger partial charge in [-0.05, 0) is 61.5 Å². The zero-order valence-electron chi connectivity index (χ0n) is 17.6. The number of hydrogen-bond acceptors (Lipinski definition) is 5. The van der Waals surface area contributed by atoms with Crippen LogP contribution in [-0.2, 0) is 11.8 Å². The van der Waals surface area contributed by atoms with E-state index in [9.17, 15) is 19.2 Å². The number of rotatable bonds is 4. The number of nitrogens with zero attached hydrogens (tertiary/aromatic N) is 2. The van der Waals surface area contributed by atoms with Gasteiger partial charge < -0.3 is 0 Å². The number of carbonyl (C=O) groups excluding carboxylic acids is 2. The van der Waals surface area contributed by atoms with Gasteiger partial charge in [0.25, 0.3) is 5.56 Å². The number of allylic oxidation sites excluding steroid dienone is 2. The number of hydrogen-bond donors (Lipinski definition) is 0.